The van der Waals surface area contributed by atoms with E-state index in [1.807, 2.05) is 54.7 Å². The number of aliphatic hydroxyl groups is 4. The van der Waals surface area contributed by atoms with E-state index in [4.69, 9.17) is 59.3 Å². The normalized spacial score (nSPS) is 35.9. The molecule has 6 fully saturated rings. The van der Waals surface area contributed by atoms with Crippen LogP contribution in [0.15, 0.2) is 59.8 Å². The van der Waals surface area contributed by atoms with Gasteiger partial charge in [-0.05, 0) is 165 Å². The van der Waals surface area contributed by atoms with E-state index in [9.17, 15) is 58.8 Å². The van der Waals surface area contributed by atoms with Crippen molar-refractivity contribution in [2.24, 2.45) is 52.5 Å². The summed E-state index contributed by atoms with van der Waals surface area (Å²) in [5.74, 6) is -10.7. The summed E-state index contributed by atoms with van der Waals surface area (Å²) in [6, 6.07) is 14.4. The maximum atomic E-state index is 14.8. The van der Waals surface area contributed by atoms with E-state index < -0.39 is 203 Å². The lowest BCUT2D eigenvalue weighted by molar-refractivity contribution is -0.313. The third-order valence-electron chi connectivity index (χ3n) is 26.4. The number of ether oxygens (including phenoxy) is 10. The zero-order valence-corrected chi connectivity index (χ0v) is 76.1. The third kappa shape index (κ3) is 21.4. The number of likely N-dealkylation sites (N-methyl/N-ethyl adjacent to an activating group) is 2. The number of esters is 2. The summed E-state index contributed by atoms with van der Waals surface area (Å²) in [5.41, 5.74) is 7.16. The van der Waals surface area contributed by atoms with Crippen LogP contribution in [0.1, 0.15) is 168 Å². The molecule has 0 radical (unpaired) electrons. The van der Waals surface area contributed by atoms with Crippen molar-refractivity contribution in [2.75, 3.05) is 62.0 Å². The largest absolute Gasteiger partial charge is 0.458 e. The number of amides is 2. The molecule has 6 saturated heterocycles. The summed E-state index contributed by atoms with van der Waals surface area (Å²) < 4.78 is 66.5. The predicted molar refractivity (Wildman–Crippen MR) is 453 cm³/mol. The number of benzene rings is 2. The summed E-state index contributed by atoms with van der Waals surface area (Å²) >= 11 is 0. The molecule has 4 N–H and O–H groups in total. The average Bonchev–Trinajstić information content (AvgIpc) is 1.61. The van der Waals surface area contributed by atoms with Crippen LogP contribution in [0.2, 0.25) is 0 Å². The van der Waals surface area contributed by atoms with Gasteiger partial charge in [-0.3, -0.25) is 33.4 Å². The lowest BCUT2D eigenvalue weighted by Gasteiger charge is -2.48. The molecule has 2 aromatic carbocycles. The van der Waals surface area contributed by atoms with Crippen molar-refractivity contribution >= 4 is 69.3 Å². The van der Waals surface area contributed by atoms with E-state index in [1.54, 1.807) is 149 Å². The van der Waals surface area contributed by atoms with Gasteiger partial charge >= 0.3 is 24.1 Å². The quantitative estimate of drug-likeness (QED) is 0.00781. The predicted octanol–water partition coefficient (Wildman–Crippen LogP) is 7.15. The number of aryl methyl sites for hydroxylation is 1. The van der Waals surface area contributed by atoms with Gasteiger partial charge < -0.3 is 87.4 Å². The van der Waals surface area contributed by atoms with E-state index >= 15 is 0 Å². The first-order valence-electron chi connectivity index (χ1n) is 43.3. The fourth-order valence-electron chi connectivity index (χ4n) is 19.3. The molecule has 0 spiro atoms. The van der Waals surface area contributed by atoms with Gasteiger partial charge in [-0.15, -0.1) is 15.3 Å². The van der Waals surface area contributed by atoms with Crippen LogP contribution in [-0.2, 0) is 89.2 Å². The zero-order chi connectivity index (χ0) is 92.4. The first-order chi connectivity index (χ1) is 59.0. The van der Waals surface area contributed by atoms with E-state index in [1.165, 1.54) is 37.6 Å². The van der Waals surface area contributed by atoms with Crippen molar-refractivity contribution in [1.82, 2.24) is 64.6 Å². The Morgan fingerprint density at radius 3 is 1.40 bits per heavy atom. The van der Waals surface area contributed by atoms with Crippen LogP contribution in [0.3, 0.4) is 0 Å². The van der Waals surface area contributed by atoms with Crippen LogP contribution < -0.4 is 0 Å². The highest BCUT2D eigenvalue weighted by Gasteiger charge is 2.63. The van der Waals surface area contributed by atoms with Crippen molar-refractivity contribution < 1.29 is 106 Å². The molecule has 10 unspecified atom stereocenters. The van der Waals surface area contributed by atoms with Crippen molar-refractivity contribution in [3.05, 3.63) is 70.9 Å². The summed E-state index contributed by atoms with van der Waals surface area (Å²) in [6.07, 6.45) is -4.67. The number of aromatic nitrogens is 9. The fraction of sp³-hybridized carbons (Fsp3) is 0.724. The van der Waals surface area contributed by atoms with Crippen molar-refractivity contribution in [2.45, 2.75) is 295 Å². The molecule has 38 nitrogen and oxygen atoms in total. The number of rotatable bonds is 22. The zero-order valence-electron chi connectivity index (χ0n) is 76.1. The van der Waals surface area contributed by atoms with Gasteiger partial charge in [0.15, 0.2) is 35.3 Å². The number of ketones is 4. The van der Waals surface area contributed by atoms with Crippen LogP contribution in [0.5, 0.6) is 0 Å². The molecule has 11 rings (SSSR count). The van der Waals surface area contributed by atoms with Crippen molar-refractivity contribution in [1.29, 1.82) is 0 Å². The first-order valence-corrected chi connectivity index (χ1v) is 43.3. The number of fused-ring (bicyclic) bond motifs is 4. The molecule has 28 atom stereocenters. The minimum Gasteiger partial charge on any atom is -0.458 e. The van der Waals surface area contributed by atoms with Gasteiger partial charge in [0.05, 0.1) is 90.3 Å². The van der Waals surface area contributed by atoms with Crippen molar-refractivity contribution in [3.63, 3.8) is 0 Å². The van der Waals surface area contributed by atoms with Crippen LogP contribution >= 0.6 is 0 Å². The Morgan fingerprint density at radius 1 is 0.560 bits per heavy atom. The monoisotopic (exact) mass is 1750 g/mol. The molecule has 0 saturated carbocycles. The number of unbranched alkanes of at least 4 members (excludes halogenated alkanes) is 2. The SMILES string of the molecule is C#Cn1nnc2ccccc21.CC[C@H]1OC(=O)[C@H](C)C(=O)[C@H](C)[C@@H](OC2OC(C)C(O)C(N(C)C)C2O)[C@@](C)(OC)C[C@@H](C)C(=O)[C@H](C)[C@H]2N(CCCCN=[N+]=[N-])C(=O)O[C@]12C.CC[C@H]1OC(=O)[C@H](C)C(=O)[C@H](C)[C@@H](OC2OC(C)C(O)C(N(C)C)C2O)[C@@](C)(OC)C[C@@H](C)C(=O)[C@H](C)[C@H]2N(CCCCn3cc(Cn4nnc5ccccc54)nn3)C(=O)O[C@]12C. The van der Waals surface area contributed by atoms with Crippen LogP contribution in [0.4, 0.5) is 9.59 Å². The Hall–Kier alpha value is -9.07. The average molecular weight is 1750 g/mol. The molecular weight excluding hydrogens is 1620 g/mol. The van der Waals surface area contributed by atoms with E-state index in [0.717, 1.165) is 22.1 Å². The Morgan fingerprint density at radius 2 is 0.976 bits per heavy atom. The standard InChI is InChI=1S/C44H66N8O11.C35H59N5O11.C8H5N3/c1-12-32-44(8)38(51(42(58)63-44)20-16-15-19-50-22-29(45-47-50)23-52-31-18-14-13-17-30(31)46-48-52)25(3)34(53)24(2)21-43(7,59-11)39(26(4)35(54)27(5)40(57)61-32)62-41-37(56)33(49(9)10)36(55)28(6)60-41;1-12-23-35(8)29(40(33(46)51-35)16-14-13-15-37-38-36)19(3)25(41)18(2)17-34(7,47-11)30(20(4)26(42)21(5)31(45)49-23)50-32-28(44)24(39(9)10)27(43)22(6)48-32;1-2-11-8-6-4-3-5-7(8)9-10-11/h13-14,17-18,22,24-28,32-33,36-39,41,55-56H,12,15-16,19-21,23H2,1-11H3;18-24,27-30,32,43-44H,12-17H2,1-11H3;1,3-6H/t24-,25+,26+,27-,28?,32-,33?,36?,37?,38-,39-,41?,43+,44-;18-,19+,20+,21-,22?,23-,24?,27?,28?,29-,30-,32?,34+,35-;/m11./s1. The summed E-state index contributed by atoms with van der Waals surface area (Å²) in [5, 5.41) is 72.7. The second-order valence-electron chi connectivity index (χ2n) is 35.6. The highest BCUT2D eigenvalue weighted by molar-refractivity contribution is 6.01. The van der Waals surface area contributed by atoms with Gasteiger partial charge in [0, 0.05) is 86.9 Å². The molecule has 5 aromatic rings. The first kappa shape index (κ1) is 99.7. The Bertz CT molecular complexity index is 4650. The topological polar surface area (TPSA) is 464 Å². The number of methoxy groups -OCH3 is 2. The van der Waals surface area contributed by atoms with Crippen LogP contribution in [-0.4, -0.2) is 315 Å². The van der Waals surface area contributed by atoms with E-state index in [2.05, 4.69) is 47.0 Å². The number of cyclic esters (lactones) is 2. The molecule has 6 aliphatic heterocycles. The van der Waals surface area contributed by atoms with Gasteiger partial charge in [0.2, 0.25) is 0 Å². The second kappa shape index (κ2) is 42.2. The second-order valence-corrected chi connectivity index (χ2v) is 35.6. The smallest absolute Gasteiger partial charge is 0.410 e. The molecule has 0 aliphatic carbocycles. The third-order valence-corrected chi connectivity index (χ3v) is 26.4. The number of hydrogen-bond donors (Lipinski definition) is 4. The molecule has 690 valence electrons. The van der Waals surface area contributed by atoms with Crippen molar-refractivity contribution in [3.8, 4) is 12.5 Å². The molecular formula is C87H130N16O22. The van der Waals surface area contributed by atoms with E-state index in [-0.39, 0.29) is 56.9 Å². The summed E-state index contributed by atoms with van der Waals surface area (Å²) in [6.45, 7) is 28.4. The van der Waals surface area contributed by atoms with Gasteiger partial charge in [-0.25, -0.2) is 14.3 Å². The fourth-order valence-corrected chi connectivity index (χ4v) is 19.3. The highest BCUT2D eigenvalue weighted by atomic mass is 16.7. The Balaban J connectivity index is 0.000000255. The number of carbonyl (C=O) groups excluding carboxylic acids is 8. The molecule has 125 heavy (non-hydrogen) atoms. The molecule has 2 amide bonds. The Kier molecular flexibility index (Phi) is 33.7. The van der Waals surface area contributed by atoms with Gasteiger partial charge in [0.1, 0.15) is 70.1 Å². The number of azide groups is 1. The number of hydrogen-bond acceptors (Lipinski definition) is 31. The van der Waals surface area contributed by atoms with Gasteiger partial charge in [-0.2, -0.15) is 4.68 Å². The molecule has 9 heterocycles. The number of nitrogens with zero attached hydrogens (tertiary/aromatic N) is 16. The van der Waals surface area contributed by atoms with Gasteiger partial charge in [-0.1, -0.05) is 107 Å². The summed E-state index contributed by atoms with van der Waals surface area (Å²) in [4.78, 5) is 122. The molecule has 38 heteroatoms. The number of para-hydroxylation sites is 2. The van der Waals surface area contributed by atoms with Crippen LogP contribution in [0.25, 0.3) is 32.5 Å². The highest BCUT2D eigenvalue weighted by Crippen LogP contribution is 2.47. The summed E-state index contributed by atoms with van der Waals surface area (Å²) in [7, 11) is 9.75. The number of aliphatic hydroxyl groups excluding tert-OH is 4. The van der Waals surface area contributed by atoms with E-state index in [0.29, 0.717) is 44.5 Å². The number of carbonyl (C=O) groups is 8. The molecule has 6 aliphatic rings. The number of terminal acetylenes is 1. The molecule has 0 bridgehead atoms. The lowest BCUT2D eigenvalue weighted by atomic mass is 9.73. The van der Waals surface area contributed by atoms with Gasteiger partial charge in [0.25, 0.3) is 0 Å². The minimum atomic E-state index is -1.45. The lowest BCUT2D eigenvalue weighted by Crippen LogP contribution is -2.64. The Labute approximate surface area is 730 Å². The van der Waals surface area contributed by atoms with Crippen LogP contribution in [0, 0.1) is 59.8 Å². The minimum absolute atomic E-state index is 0.0630. The maximum Gasteiger partial charge on any atom is 0.410 e. The molecule has 3 aromatic heterocycles. The number of Topliss-reactive ketones (excluding diaryl/α,β-unsaturated/α-hetero) is 4. The maximum absolute atomic E-state index is 14.8.